The van der Waals surface area contributed by atoms with E-state index in [0.717, 1.165) is 23.0 Å². The minimum Gasteiger partial charge on any atom is -0.491 e. The van der Waals surface area contributed by atoms with Gasteiger partial charge in [-0.05, 0) is 54.4 Å². The van der Waals surface area contributed by atoms with E-state index in [-0.39, 0.29) is 0 Å². The Hall–Kier alpha value is -1.71. The molecule has 0 fully saturated rings. The molecule has 3 nitrogen and oxygen atoms in total. The number of methoxy groups -OCH3 is 1. The summed E-state index contributed by atoms with van der Waals surface area (Å²) < 4.78 is 10.5. The van der Waals surface area contributed by atoms with E-state index in [4.69, 9.17) is 21.1 Å². The molecule has 0 amide bonds. The first-order valence-corrected chi connectivity index (χ1v) is 7.27. The molecule has 4 heteroatoms. The van der Waals surface area contributed by atoms with Crippen LogP contribution in [0.3, 0.4) is 0 Å². The number of ether oxygens (including phenoxy) is 2. The van der Waals surface area contributed by atoms with Crippen molar-refractivity contribution in [2.24, 2.45) is 0 Å². The largest absolute Gasteiger partial charge is 0.491 e. The topological polar surface area (TPSA) is 30.5 Å². The van der Waals surface area contributed by atoms with Crippen LogP contribution in [-0.2, 0) is 11.3 Å². The molecule has 0 aliphatic carbocycles. The Balaban J connectivity index is 1.88. The normalized spacial score (nSPS) is 10.4. The van der Waals surface area contributed by atoms with Gasteiger partial charge >= 0.3 is 0 Å². The number of hydrogen-bond acceptors (Lipinski definition) is 3. The summed E-state index contributed by atoms with van der Waals surface area (Å²) in [4.78, 5) is 0. The van der Waals surface area contributed by atoms with Gasteiger partial charge in [-0.3, -0.25) is 0 Å². The quantitative estimate of drug-likeness (QED) is 0.774. The summed E-state index contributed by atoms with van der Waals surface area (Å²) in [6.45, 7) is 3.99. The zero-order valence-electron chi connectivity index (χ0n) is 12.4. The van der Waals surface area contributed by atoms with E-state index in [2.05, 4.69) is 12.2 Å². The third-order valence-corrected chi connectivity index (χ3v) is 3.43. The highest BCUT2D eigenvalue weighted by Crippen LogP contribution is 2.19. The van der Waals surface area contributed by atoms with Crippen LogP contribution in [0.5, 0.6) is 5.75 Å². The SMILES string of the molecule is COCCOc1ccc(NCc2ccc(Cl)cc2C)cc1. The Morgan fingerprint density at radius 1 is 1.05 bits per heavy atom. The highest BCUT2D eigenvalue weighted by Gasteiger charge is 2.00. The van der Waals surface area contributed by atoms with E-state index in [9.17, 15) is 0 Å². The van der Waals surface area contributed by atoms with Crippen LogP contribution in [0.25, 0.3) is 0 Å². The van der Waals surface area contributed by atoms with Gasteiger partial charge < -0.3 is 14.8 Å². The maximum atomic E-state index is 5.96. The predicted octanol–water partition coefficient (Wildman–Crippen LogP) is 4.29. The average molecular weight is 306 g/mol. The molecule has 0 heterocycles. The smallest absolute Gasteiger partial charge is 0.119 e. The zero-order valence-corrected chi connectivity index (χ0v) is 13.1. The molecule has 0 aliphatic rings. The Morgan fingerprint density at radius 2 is 1.81 bits per heavy atom. The molecule has 0 saturated carbocycles. The Kier molecular flexibility index (Phi) is 5.90. The molecule has 0 saturated heterocycles. The van der Waals surface area contributed by atoms with Gasteiger partial charge in [-0.1, -0.05) is 17.7 Å². The van der Waals surface area contributed by atoms with Crippen LogP contribution in [0.1, 0.15) is 11.1 Å². The van der Waals surface area contributed by atoms with Crippen molar-refractivity contribution >= 4 is 17.3 Å². The Bertz CT molecular complexity index is 570. The van der Waals surface area contributed by atoms with Gasteiger partial charge in [0.25, 0.3) is 0 Å². The molecular formula is C17H20ClNO2. The third kappa shape index (κ3) is 4.96. The standard InChI is InChI=1S/C17H20ClNO2/c1-13-11-15(18)4-3-14(13)12-19-16-5-7-17(8-6-16)21-10-9-20-2/h3-8,11,19H,9-10,12H2,1-2H3. The first kappa shape index (κ1) is 15.7. The summed E-state index contributed by atoms with van der Waals surface area (Å²) in [5, 5.41) is 4.16. The van der Waals surface area contributed by atoms with Gasteiger partial charge in [-0.15, -0.1) is 0 Å². The lowest BCUT2D eigenvalue weighted by Gasteiger charge is -2.10. The molecule has 1 N–H and O–H groups in total. The average Bonchev–Trinajstić information content (AvgIpc) is 2.48. The van der Waals surface area contributed by atoms with Crippen molar-refractivity contribution in [2.75, 3.05) is 25.6 Å². The van der Waals surface area contributed by atoms with Gasteiger partial charge in [-0.25, -0.2) is 0 Å². The van der Waals surface area contributed by atoms with Crippen molar-refractivity contribution < 1.29 is 9.47 Å². The molecule has 21 heavy (non-hydrogen) atoms. The van der Waals surface area contributed by atoms with E-state index in [1.54, 1.807) is 7.11 Å². The van der Waals surface area contributed by atoms with Crippen LogP contribution in [-0.4, -0.2) is 20.3 Å². The molecule has 0 unspecified atom stereocenters. The van der Waals surface area contributed by atoms with Crippen molar-refractivity contribution in [1.82, 2.24) is 0 Å². The van der Waals surface area contributed by atoms with E-state index in [1.165, 1.54) is 11.1 Å². The number of benzene rings is 2. The predicted molar refractivity (Wildman–Crippen MR) is 87.3 cm³/mol. The molecule has 2 aromatic rings. The minimum absolute atomic E-state index is 0.563. The second-order valence-corrected chi connectivity index (χ2v) is 5.23. The molecule has 0 aromatic heterocycles. The van der Waals surface area contributed by atoms with Crippen LogP contribution in [0, 0.1) is 6.92 Å². The van der Waals surface area contributed by atoms with E-state index in [1.807, 2.05) is 42.5 Å². The zero-order chi connectivity index (χ0) is 15.1. The summed E-state index contributed by atoms with van der Waals surface area (Å²) >= 11 is 5.96. The first-order chi connectivity index (χ1) is 10.2. The molecule has 0 atom stereocenters. The fourth-order valence-electron chi connectivity index (χ4n) is 1.97. The van der Waals surface area contributed by atoms with E-state index >= 15 is 0 Å². The highest BCUT2D eigenvalue weighted by atomic mass is 35.5. The maximum Gasteiger partial charge on any atom is 0.119 e. The van der Waals surface area contributed by atoms with Crippen molar-refractivity contribution in [1.29, 1.82) is 0 Å². The highest BCUT2D eigenvalue weighted by molar-refractivity contribution is 6.30. The summed E-state index contributed by atoms with van der Waals surface area (Å²) in [5.74, 6) is 0.847. The Morgan fingerprint density at radius 3 is 2.48 bits per heavy atom. The van der Waals surface area contributed by atoms with Crippen LogP contribution in [0.15, 0.2) is 42.5 Å². The molecule has 0 bridgehead atoms. The fraction of sp³-hybridized carbons (Fsp3) is 0.294. The second-order valence-electron chi connectivity index (χ2n) is 4.79. The molecule has 0 radical (unpaired) electrons. The molecule has 0 aliphatic heterocycles. The molecule has 112 valence electrons. The van der Waals surface area contributed by atoms with Gasteiger partial charge in [0.15, 0.2) is 0 Å². The Labute approximate surface area is 130 Å². The number of halogens is 1. The number of rotatable bonds is 7. The van der Waals surface area contributed by atoms with Crippen molar-refractivity contribution in [2.45, 2.75) is 13.5 Å². The van der Waals surface area contributed by atoms with Gasteiger partial charge in [-0.2, -0.15) is 0 Å². The number of nitrogens with one attached hydrogen (secondary N) is 1. The summed E-state index contributed by atoms with van der Waals surface area (Å²) in [6.07, 6.45) is 0. The molecule has 2 aromatic carbocycles. The molecule has 0 spiro atoms. The van der Waals surface area contributed by atoms with Crippen molar-refractivity contribution in [3.8, 4) is 5.75 Å². The monoisotopic (exact) mass is 305 g/mol. The van der Waals surface area contributed by atoms with Gasteiger partial charge in [0.05, 0.1) is 6.61 Å². The van der Waals surface area contributed by atoms with Gasteiger partial charge in [0, 0.05) is 24.4 Å². The van der Waals surface area contributed by atoms with Crippen LogP contribution < -0.4 is 10.1 Å². The summed E-state index contributed by atoms with van der Waals surface area (Å²) in [6, 6.07) is 13.9. The first-order valence-electron chi connectivity index (χ1n) is 6.90. The van der Waals surface area contributed by atoms with Gasteiger partial charge in [0.1, 0.15) is 12.4 Å². The minimum atomic E-state index is 0.563. The lowest BCUT2D eigenvalue weighted by atomic mass is 10.1. The third-order valence-electron chi connectivity index (χ3n) is 3.20. The number of hydrogen-bond donors (Lipinski definition) is 1. The molecular weight excluding hydrogens is 286 g/mol. The van der Waals surface area contributed by atoms with Crippen LogP contribution in [0.2, 0.25) is 5.02 Å². The van der Waals surface area contributed by atoms with Gasteiger partial charge in [0.2, 0.25) is 0 Å². The van der Waals surface area contributed by atoms with Crippen LogP contribution >= 0.6 is 11.6 Å². The van der Waals surface area contributed by atoms with Crippen molar-refractivity contribution in [3.63, 3.8) is 0 Å². The number of anilines is 1. The maximum absolute atomic E-state index is 5.96. The lowest BCUT2D eigenvalue weighted by Crippen LogP contribution is -2.04. The fourth-order valence-corrected chi connectivity index (χ4v) is 2.19. The second kappa shape index (κ2) is 7.91. The lowest BCUT2D eigenvalue weighted by molar-refractivity contribution is 0.146. The summed E-state index contributed by atoms with van der Waals surface area (Å²) in [7, 11) is 1.66. The van der Waals surface area contributed by atoms with E-state index < -0.39 is 0 Å². The number of aryl methyl sites for hydroxylation is 1. The van der Waals surface area contributed by atoms with Crippen molar-refractivity contribution in [3.05, 3.63) is 58.6 Å². The van der Waals surface area contributed by atoms with E-state index in [0.29, 0.717) is 13.2 Å². The summed E-state index contributed by atoms with van der Waals surface area (Å²) in [5.41, 5.74) is 3.48. The van der Waals surface area contributed by atoms with Crippen LogP contribution in [0.4, 0.5) is 5.69 Å². The molecule has 2 rings (SSSR count).